The van der Waals surface area contributed by atoms with Crippen molar-refractivity contribution in [2.45, 2.75) is 38.1 Å². The Hall–Kier alpha value is -2.32. The van der Waals surface area contributed by atoms with Gasteiger partial charge in [0.15, 0.2) is 11.6 Å². The van der Waals surface area contributed by atoms with Crippen LogP contribution in [0.1, 0.15) is 25.8 Å². The zero-order valence-electron chi connectivity index (χ0n) is 15.3. The number of sulfonamides is 1. The largest absolute Gasteiger partial charge is 0.325 e. The number of carbonyl (C=O) groups is 1. The van der Waals surface area contributed by atoms with E-state index in [9.17, 15) is 22.0 Å². The van der Waals surface area contributed by atoms with E-state index >= 15 is 0 Å². The average molecular weight is 396 g/mol. The van der Waals surface area contributed by atoms with Crippen molar-refractivity contribution in [1.82, 2.24) is 4.72 Å². The van der Waals surface area contributed by atoms with E-state index in [4.69, 9.17) is 0 Å². The smallest absolute Gasteiger partial charge is 0.242 e. The molecule has 0 aliphatic heterocycles. The van der Waals surface area contributed by atoms with Crippen molar-refractivity contribution in [3.63, 3.8) is 0 Å². The van der Waals surface area contributed by atoms with Crippen LogP contribution in [-0.2, 0) is 14.8 Å². The minimum Gasteiger partial charge on any atom is -0.325 e. The fourth-order valence-corrected chi connectivity index (χ4v) is 3.66. The van der Waals surface area contributed by atoms with Crippen molar-refractivity contribution in [3.05, 3.63) is 59.7 Å². The number of hydrogen-bond donors (Lipinski definition) is 2. The summed E-state index contributed by atoms with van der Waals surface area (Å²) in [6.07, 6.45) is 0.237. The van der Waals surface area contributed by atoms with Crippen LogP contribution in [0.5, 0.6) is 0 Å². The Kier molecular flexibility index (Phi) is 6.67. The van der Waals surface area contributed by atoms with Crippen LogP contribution >= 0.6 is 0 Å². The minimum atomic E-state index is -3.92. The molecule has 0 aliphatic carbocycles. The molecule has 2 aromatic carbocycles. The highest BCUT2D eigenvalue weighted by atomic mass is 32.2. The maximum Gasteiger partial charge on any atom is 0.242 e. The number of hydrogen-bond acceptors (Lipinski definition) is 3. The van der Waals surface area contributed by atoms with Crippen LogP contribution in [0.15, 0.2) is 47.4 Å². The summed E-state index contributed by atoms with van der Waals surface area (Å²) in [6.45, 7) is 5.52. The Balaban J connectivity index is 2.21. The van der Waals surface area contributed by atoms with Gasteiger partial charge in [-0.25, -0.2) is 17.2 Å². The van der Waals surface area contributed by atoms with Gasteiger partial charge in [-0.1, -0.05) is 31.5 Å². The van der Waals surface area contributed by atoms with E-state index in [-0.39, 0.29) is 22.9 Å². The molecule has 0 bridgehead atoms. The van der Waals surface area contributed by atoms with Gasteiger partial charge in [-0.2, -0.15) is 4.72 Å². The van der Waals surface area contributed by atoms with Gasteiger partial charge in [0.2, 0.25) is 15.9 Å². The Morgan fingerprint density at radius 3 is 2.22 bits per heavy atom. The fraction of sp³-hybridized carbons (Fsp3) is 0.316. The standard InChI is InChI=1S/C19H22F2N2O3S/c1-12(2)10-18(19(24)22-14-6-9-16(20)17(21)11-14)23-27(25,26)15-7-4-13(3)5-8-15/h4-9,11-12,18,23H,10H2,1-3H3,(H,22,24)/t18-/m1/s1. The zero-order valence-corrected chi connectivity index (χ0v) is 16.1. The van der Waals surface area contributed by atoms with Crippen LogP contribution in [0.3, 0.4) is 0 Å². The molecule has 0 saturated heterocycles. The second kappa shape index (κ2) is 8.58. The lowest BCUT2D eigenvalue weighted by molar-refractivity contribution is -0.118. The van der Waals surface area contributed by atoms with Crippen LogP contribution in [0.4, 0.5) is 14.5 Å². The van der Waals surface area contributed by atoms with Crippen LogP contribution in [0, 0.1) is 24.5 Å². The quantitative estimate of drug-likeness (QED) is 0.751. The summed E-state index contributed by atoms with van der Waals surface area (Å²) >= 11 is 0. The molecule has 146 valence electrons. The van der Waals surface area contributed by atoms with Crippen molar-refractivity contribution in [1.29, 1.82) is 0 Å². The van der Waals surface area contributed by atoms with Crippen molar-refractivity contribution >= 4 is 21.6 Å². The van der Waals surface area contributed by atoms with Gasteiger partial charge in [-0.05, 0) is 43.5 Å². The number of carbonyl (C=O) groups excluding carboxylic acids is 1. The van der Waals surface area contributed by atoms with Gasteiger partial charge in [-0.15, -0.1) is 0 Å². The Labute approximate surface area is 157 Å². The number of aryl methyl sites for hydroxylation is 1. The predicted octanol–water partition coefficient (Wildman–Crippen LogP) is 3.60. The number of benzene rings is 2. The van der Waals surface area contributed by atoms with Gasteiger partial charge >= 0.3 is 0 Å². The molecule has 1 amide bonds. The summed E-state index contributed by atoms with van der Waals surface area (Å²) in [6, 6.07) is 8.10. The molecule has 2 N–H and O–H groups in total. The summed E-state index contributed by atoms with van der Waals surface area (Å²) in [5.74, 6) is -2.77. The summed E-state index contributed by atoms with van der Waals surface area (Å²) in [5.41, 5.74) is 0.950. The third-order valence-corrected chi connectivity index (χ3v) is 5.33. The molecule has 0 saturated carbocycles. The first-order chi connectivity index (χ1) is 12.6. The molecule has 2 aromatic rings. The zero-order chi connectivity index (χ0) is 20.2. The topological polar surface area (TPSA) is 75.3 Å². The average Bonchev–Trinajstić information content (AvgIpc) is 2.57. The van der Waals surface area contributed by atoms with Crippen LogP contribution in [-0.4, -0.2) is 20.4 Å². The predicted molar refractivity (Wildman–Crippen MR) is 99.7 cm³/mol. The first-order valence-corrected chi connectivity index (χ1v) is 9.91. The van der Waals surface area contributed by atoms with Crippen LogP contribution in [0.25, 0.3) is 0 Å². The van der Waals surface area contributed by atoms with E-state index in [1.807, 2.05) is 20.8 Å². The maximum atomic E-state index is 13.3. The number of halogens is 2. The SMILES string of the molecule is Cc1ccc(S(=O)(=O)N[C@H](CC(C)C)C(=O)Nc2ccc(F)c(F)c2)cc1. The molecule has 0 fully saturated rings. The second-order valence-electron chi connectivity index (χ2n) is 6.73. The summed E-state index contributed by atoms with van der Waals surface area (Å²) in [5, 5.41) is 2.43. The maximum absolute atomic E-state index is 13.3. The number of amides is 1. The molecule has 0 radical (unpaired) electrons. The minimum absolute atomic E-state index is 0.0198. The molecule has 0 aromatic heterocycles. The van der Waals surface area contributed by atoms with Gasteiger partial charge in [0, 0.05) is 11.8 Å². The van der Waals surface area contributed by atoms with Crippen molar-refractivity contribution < 1.29 is 22.0 Å². The Bertz CT molecular complexity index is 913. The first-order valence-electron chi connectivity index (χ1n) is 8.43. The van der Waals surface area contributed by atoms with E-state index in [0.29, 0.717) is 0 Å². The molecule has 0 aliphatic rings. The third kappa shape index (κ3) is 5.83. The summed E-state index contributed by atoms with van der Waals surface area (Å²) < 4.78 is 53.9. The van der Waals surface area contributed by atoms with Gasteiger partial charge in [0.05, 0.1) is 4.90 Å². The monoisotopic (exact) mass is 396 g/mol. The van der Waals surface area contributed by atoms with Gasteiger partial charge in [0.1, 0.15) is 6.04 Å². The highest BCUT2D eigenvalue weighted by Crippen LogP contribution is 2.17. The lowest BCUT2D eigenvalue weighted by Crippen LogP contribution is -2.44. The van der Waals surface area contributed by atoms with Crippen molar-refractivity contribution in [2.24, 2.45) is 5.92 Å². The highest BCUT2D eigenvalue weighted by Gasteiger charge is 2.26. The number of nitrogens with one attached hydrogen (secondary N) is 2. The van der Waals surface area contributed by atoms with Crippen molar-refractivity contribution in [3.8, 4) is 0 Å². The lowest BCUT2D eigenvalue weighted by atomic mass is 10.0. The number of rotatable bonds is 7. The molecule has 8 heteroatoms. The number of anilines is 1. The van der Waals surface area contributed by atoms with E-state index in [2.05, 4.69) is 10.0 Å². The molecule has 27 heavy (non-hydrogen) atoms. The first kappa shape index (κ1) is 21.0. The van der Waals surface area contributed by atoms with E-state index in [1.165, 1.54) is 18.2 Å². The van der Waals surface area contributed by atoms with Gasteiger partial charge in [0.25, 0.3) is 0 Å². The third-order valence-electron chi connectivity index (χ3n) is 3.84. The van der Waals surface area contributed by atoms with Crippen LogP contribution < -0.4 is 10.0 Å². The highest BCUT2D eigenvalue weighted by molar-refractivity contribution is 7.89. The van der Waals surface area contributed by atoms with E-state index in [1.54, 1.807) is 12.1 Å². The lowest BCUT2D eigenvalue weighted by Gasteiger charge is -2.20. The molecule has 0 unspecified atom stereocenters. The molecule has 0 heterocycles. The normalized spacial score (nSPS) is 12.8. The fourth-order valence-electron chi connectivity index (χ4n) is 2.46. The Morgan fingerprint density at radius 1 is 1.04 bits per heavy atom. The molecular weight excluding hydrogens is 374 g/mol. The van der Waals surface area contributed by atoms with Gasteiger partial charge < -0.3 is 5.32 Å². The van der Waals surface area contributed by atoms with Gasteiger partial charge in [-0.3, -0.25) is 4.79 Å². The molecular formula is C19H22F2N2O3S. The van der Waals surface area contributed by atoms with Crippen molar-refractivity contribution in [2.75, 3.05) is 5.32 Å². The summed E-state index contributed by atoms with van der Waals surface area (Å²) in [4.78, 5) is 12.6. The molecule has 5 nitrogen and oxygen atoms in total. The van der Waals surface area contributed by atoms with Crippen LogP contribution in [0.2, 0.25) is 0 Å². The molecule has 0 spiro atoms. The van der Waals surface area contributed by atoms with E-state index in [0.717, 1.165) is 17.7 Å². The molecule has 2 rings (SSSR count). The second-order valence-corrected chi connectivity index (χ2v) is 8.45. The van der Waals surface area contributed by atoms with E-state index < -0.39 is 33.6 Å². The molecule has 1 atom stereocenters. The summed E-state index contributed by atoms with van der Waals surface area (Å²) in [7, 11) is -3.92. The Morgan fingerprint density at radius 2 is 1.67 bits per heavy atom.